The molecule has 5 nitrogen and oxygen atoms in total. The number of halogens is 4. The maximum atomic E-state index is 13.3. The Morgan fingerprint density at radius 3 is 2.61 bits per heavy atom. The molecule has 1 fully saturated rings. The van der Waals surface area contributed by atoms with Gasteiger partial charge in [0.1, 0.15) is 11.9 Å². The number of hydrogen-bond donors (Lipinski definition) is 2. The number of nitrogens with two attached hydrogens (primary N) is 1. The van der Waals surface area contributed by atoms with Crippen LogP contribution in [0.25, 0.3) is 0 Å². The molecule has 0 aromatic heterocycles. The smallest absolute Gasteiger partial charge is 0.376 e. The number of amides is 2. The molecule has 1 unspecified atom stereocenters. The summed E-state index contributed by atoms with van der Waals surface area (Å²) < 4.78 is 51.1. The third-order valence-electron chi connectivity index (χ3n) is 3.57. The van der Waals surface area contributed by atoms with Crippen molar-refractivity contribution in [1.82, 2.24) is 4.90 Å². The standard InChI is InChI=1S/C14H15F4N3O2/c15-9-4-8(14(16,17)18)5-10(6-9)20-7-12(22)21-3-1-2-11(21)13(19)23/h4-6,11,20H,1-3,7H2,(H2,19,23). The van der Waals surface area contributed by atoms with Gasteiger partial charge in [0.05, 0.1) is 12.1 Å². The van der Waals surface area contributed by atoms with E-state index in [9.17, 15) is 27.2 Å². The fourth-order valence-electron chi connectivity index (χ4n) is 2.50. The van der Waals surface area contributed by atoms with Crippen LogP contribution in [0.5, 0.6) is 0 Å². The first kappa shape index (κ1) is 17.0. The van der Waals surface area contributed by atoms with Gasteiger partial charge in [-0.15, -0.1) is 0 Å². The number of alkyl halides is 3. The molecule has 2 rings (SSSR count). The molecule has 0 radical (unpaired) electrons. The lowest BCUT2D eigenvalue weighted by Gasteiger charge is -2.22. The summed E-state index contributed by atoms with van der Waals surface area (Å²) in [7, 11) is 0. The third kappa shape index (κ3) is 4.11. The topological polar surface area (TPSA) is 75.4 Å². The second-order valence-electron chi connectivity index (χ2n) is 5.23. The van der Waals surface area contributed by atoms with E-state index in [4.69, 9.17) is 5.73 Å². The van der Waals surface area contributed by atoms with Crippen molar-refractivity contribution in [3.05, 3.63) is 29.6 Å². The summed E-state index contributed by atoms with van der Waals surface area (Å²) in [5.74, 6) is -2.17. The quantitative estimate of drug-likeness (QED) is 0.824. The molecule has 0 spiro atoms. The lowest BCUT2D eigenvalue weighted by molar-refractivity contribution is -0.137. The van der Waals surface area contributed by atoms with Gasteiger partial charge in [-0.1, -0.05) is 0 Å². The fraction of sp³-hybridized carbons (Fsp3) is 0.429. The van der Waals surface area contributed by atoms with Crippen molar-refractivity contribution in [1.29, 1.82) is 0 Å². The molecular weight excluding hydrogens is 318 g/mol. The van der Waals surface area contributed by atoms with E-state index in [1.807, 2.05) is 0 Å². The Morgan fingerprint density at radius 1 is 1.30 bits per heavy atom. The van der Waals surface area contributed by atoms with E-state index in [1.165, 1.54) is 4.90 Å². The van der Waals surface area contributed by atoms with Crippen LogP contribution < -0.4 is 11.1 Å². The van der Waals surface area contributed by atoms with Gasteiger partial charge in [0.2, 0.25) is 11.8 Å². The van der Waals surface area contributed by atoms with Crippen LogP contribution in [0.1, 0.15) is 18.4 Å². The Kier molecular flexibility index (Phi) is 4.76. The van der Waals surface area contributed by atoms with Crippen molar-refractivity contribution < 1.29 is 27.2 Å². The van der Waals surface area contributed by atoms with Gasteiger partial charge in [-0.25, -0.2) is 4.39 Å². The first-order valence-electron chi connectivity index (χ1n) is 6.89. The minimum Gasteiger partial charge on any atom is -0.376 e. The van der Waals surface area contributed by atoms with Crippen LogP contribution >= 0.6 is 0 Å². The SMILES string of the molecule is NC(=O)C1CCCN1C(=O)CNc1cc(F)cc(C(F)(F)F)c1. The minimum atomic E-state index is -4.69. The summed E-state index contributed by atoms with van der Waals surface area (Å²) in [5.41, 5.74) is 3.88. The highest BCUT2D eigenvalue weighted by atomic mass is 19.4. The number of carbonyl (C=O) groups excluding carboxylic acids is 2. The van der Waals surface area contributed by atoms with Crippen molar-refractivity contribution >= 4 is 17.5 Å². The highest BCUT2D eigenvalue weighted by molar-refractivity contribution is 5.89. The van der Waals surface area contributed by atoms with Crippen LogP contribution in [0.2, 0.25) is 0 Å². The molecule has 2 amide bonds. The number of likely N-dealkylation sites (tertiary alicyclic amines) is 1. The lowest BCUT2D eigenvalue weighted by Crippen LogP contribution is -2.45. The highest BCUT2D eigenvalue weighted by Gasteiger charge is 2.33. The second-order valence-corrected chi connectivity index (χ2v) is 5.23. The Hall–Kier alpha value is -2.32. The van der Waals surface area contributed by atoms with Gasteiger partial charge in [0.15, 0.2) is 0 Å². The normalized spacial score (nSPS) is 18.1. The van der Waals surface area contributed by atoms with Gasteiger partial charge in [-0.3, -0.25) is 9.59 Å². The first-order chi connectivity index (χ1) is 10.7. The third-order valence-corrected chi connectivity index (χ3v) is 3.57. The second kappa shape index (κ2) is 6.43. The molecular formula is C14H15F4N3O2. The van der Waals surface area contributed by atoms with Crippen molar-refractivity contribution in [2.45, 2.75) is 25.1 Å². The van der Waals surface area contributed by atoms with Crippen molar-refractivity contribution in [2.24, 2.45) is 5.73 Å². The lowest BCUT2D eigenvalue weighted by atomic mass is 10.2. The molecule has 3 N–H and O–H groups in total. The number of rotatable bonds is 4. The van der Waals surface area contributed by atoms with Crippen LogP contribution in [0.3, 0.4) is 0 Å². The zero-order chi connectivity index (χ0) is 17.2. The van der Waals surface area contributed by atoms with E-state index in [2.05, 4.69) is 5.32 Å². The van der Waals surface area contributed by atoms with Crippen molar-refractivity contribution in [3.8, 4) is 0 Å². The number of nitrogens with zero attached hydrogens (tertiary/aromatic N) is 1. The Labute approximate surface area is 129 Å². The number of benzene rings is 1. The van der Waals surface area contributed by atoms with Crippen LogP contribution in [0, 0.1) is 5.82 Å². The number of nitrogens with one attached hydrogen (secondary N) is 1. The Bertz CT molecular complexity index is 619. The van der Waals surface area contributed by atoms with E-state index in [-0.39, 0.29) is 12.2 Å². The van der Waals surface area contributed by atoms with Crippen LogP contribution in [-0.2, 0) is 15.8 Å². The van der Waals surface area contributed by atoms with Gasteiger partial charge < -0.3 is 16.0 Å². The van der Waals surface area contributed by atoms with E-state index in [0.717, 1.165) is 6.07 Å². The zero-order valence-electron chi connectivity index (χ0n) is 12.0. The van der Waals surface area contributed by atoms with E-state index in [1.54, 1.807) is 0 Å². The molecule has 1 aromatic rings. The maximum absolute atomic E-state index is 13.3. The summed E-state index contributed by atoms with van der Waals surface area (Å²) in [6.07, 6.45) is -3.61. The molecule has 0 saturated carbocycles. The van der Waals surface area contributed by atoms with Gasteiger partial charge >= 0.3 is 6.18 Å². The minimum absolute atomic E-state index is 0.166. The molecule has 1 heterocycles. The average molecular weight is 333 g/mol. The van der Waals surface area contributed by atoms with Crippen LogP contribution in [0.15, 0.2) is 18.2 Å². The fourth-order valence-corrected chi connectivity index (χ4v) is 2.50. The molecule has 1 aromatic carbocycles. The number of primary amides is 1. The van der Waals surface area contributed by atoms with Gasteiger partial charge in [-0.2, -0.15) is 13.2 Å². The molecule has 0 bridgehead atoms. The first-order valence-corrected chi connectivity index (χ1v) is 6.89. The van der Waals surface area contributed by atoms with Crippen LogP contribution in [0.4, 0.5) is 23.2 Å². The van der Waals surface area contributed by atoms with E-state index in [0.29, 0.717) is 31.5 Å². The molecule has 1 aliphatic rings. The zero-order valence-corrected chi connectivity index (χ0v) is 12.0. The van der Waals surface area contributed by atoms with Crippen molar-refractivity contribution in [3.63, 3.8) is 0 Å². The number of hydrogen-bond acceptors (Lipinski definition) is 3. The number of anilines is 1. The largest absolute Gasteiger partial charge is 0.416 e. The predicted octanol–water partition coefficient (Wildman–Crippen LogP) is 1.73. The summed E-state index contributed by atoms with van der Waals surface area (Å²) in [5, 5.41) is 2.45. The van der Waals surface area contributed by atoms with Crippen molar-refractivity contribution in [2.75, 3.05) is 18.4 Å². The maximum Gasteiger partial charge on any atom is 0.416 e. The predicted molar refractivity (Wildman–Crippen MR) is 73.8 cm³/mol. The highest BCUT2D eigenvalue weighted by Crippen LogP contribution is 2.31. The number of carbonyl (C=O) groups is 2. The molecule has 23 heavy (non-hydrogen) atoms. The molecule has 126 valence electrons. The summed E-state index contributed by atoms with van der Waals surface area (Å²) in [6.45, 7) is -0.00436. The van der Waals surface area contributed by atoms with Gasteiger partial charge in [-0.05, 0) is 31.0 Å². The molecule has 1 saturated heterocycles. The average Bonchev–Trinajstić information content (AvgIpc) is 2.93. The van der Waals surface area contributed by atoms with Gasteiger partial charge in [0, 0.05) is 12.2 Å². The summed E-state index contributed by atoms with van der Waals surface area (Å²) in [4.78, 5) is 24.5. The Balaban J connectivity index is 2.05. The van der Waals surface area contributed by atoms with E-state index >= 15 is 0 Å². The Morgan fingerprint density at radius 2 is 2.00 bits per heavy atom. The monoisotopic (exact) mass is 333 g/mol. The van der Waals surface area contributed by atoms with E-state index < -0.39 is 35.4 Å². The molecule has 9 heteroatoms. The summed E-state index contributed by atoms with van der Waals surface area (Å²) in [6, 6.07) is 1.24. The van der Waals surface area contributed by atoms with Crippen LogP contribution in [-0.4, -0.2) is 35.8 Å². The summed E-state index contributed by atoms with van der Waals surface area (Å²) >= 11 is 0. The molecule has 1 aliphatic heterocycles. The van der Waals surface area contributed by atoms with Gasteiger partial charge in [0.25, 0.3) is 0 Å². The molecule has 0 aliphatic carbocycles. The molecule has 1 atom stereocenters.